The van der Waals surface area contributed by atoms with Crippen LogP contribution in [0.3, 0.4) is 0 Å². The molecule has 0 saturated carbocycles. The van der Waals surface area contributed by atoms with Gasteiger partial charge in [-0.15, -0.1) is 0 Å². The first-order valence-corrected chi connectivity index (χ1v) is 6.50. The lowest BCUT2D eigenvalue weighted by atomic mass is 10.1. The smallest absolute Gasteiger partial charge is 0.165 e. The van der Waals surface area contributed by atoms with Crippen molar-refractivity contribution in [1.29, 1.82) is 0 Å². The Morgan fingerprint density at radius 2 is 2.28 bits per heavy atom. The highest BCUT2D eigenvalue weighted by atomic mass is 19.1. The van der Waals surface area contributed by atoms with Crippen LogP contribution in [0.2, 0.25) is 0 Å². The average molecular weight is 249 g/mol. The molecule has 0 unspecified atom stereocenters. The number of hydrogen-bond donors (Lipinski definition) is 1. The maximum absolute atomic E-state index is 13.4. The first kappa shape index (κ1) is 13.1. The Balaban J connectivity index is 1.74. The maximum Gasteiger partial charge on any atom is 0.165 e. The highest BCUT2D eigenvalue weighted by molar-refractivity contribution is 5.29. The zero-order valence-electron chi connectivity index (χ0n) is 10.8. The molecule has 0 amide bonds. The van der Waals surface area contributed by atoms with Crippen LogP contribution >= 0.6 is 0 Å². The third-order valence-electron chi connectivity index (χ3n) is 3.30. The molecule has 1 aromatic rings. The van der Waals surface area contributed by atoms with Gasteiger partial charge in [0.05, 0.1) is 7.11 Å². The van der Waals surface area contributed by atoms with Crippen molar-refractivity contribution in [3.05, 3.63) is 41.2 Å². The molecule has 0 fully saturated rings. The van der Waals surface area contributed by atoms with Crippen molar-refractivity contribution in [1.82, 2.24) is 5.32 Å². The van der Waals surface area contributed by atoms with Gasteiger partial charge in [0.15, 0.2) is 11.6 Å². The molecule has 1 aliphatic carbocycles. The molecule has 0 spiro atoms. The summed E-state index contributed by atoms with van der Waals surface area (Å²) in [6, 6.07) is 5.09. The minimum Gasteiger partial charge on any atom is -0.494 e. The summed E-state index contributed by atoms with van der Waals surface area (Å²) in [5.41, 5.74) is 2.51. The lowest BCUT2D eigenvalue weighted by Crippen LogP contribution is -2.15. The Morgan fingerprint density at radius 3 is 2.94 bits per heavy atom. The summed E-state index contributed by atoms with van der Waals surface area (Å²) in [6.07, 6.45) is 7.24. The van der Waals surface area contributed by atoms with Crippen molar-refractivity contribution < 1.29 is 9.13 Å². The van der Waals surface area contributed by atoms with Gasteiger partial charge in [-0.3, -0.25) is 0 Å². The molecule has 0 bridgehead atoms. The summed E-state index contributed by atoms with van der Waals surface area (Å²) in [6.45, 7) is 1.66. The van der Waals surface area contributed by atoms with E-state index >= 15 is 0 Å². The summed E-state index contributed by atoms with van der Waals surface area (Å²) >= 11 is 0. The summed E-state index contributed by atoms with van der Waals surface area (Å²) in [5.74, 6) is 0.00478. The number of ether oxygens (including phenoxy) is 1. The van der Waals surface area contributed by atoms with Crippen LogP contribution in [0.15, 0.2) is 29.8 Å². The van der Waals surface area contributed by atoms with Gasteiger partial charge in [0.1, 0.15) is 0 Å². The lowest BCUT2D eigenvalue weighted by molar-refractivity contribution is 0.386. The van der Waals surface area contributed by atoms with E-state index in [9.17, 15) is 4.39 Å². The molecule has 18 heavy (non-hydrogen) atoms. The van der Waals surface area contributed by atoms with Crippen LogP contribution in [-0.4, -0.2) is 13.7 Å². The lowest BCUT2D eigenvalue weighted by Gasteiger charge is -2.07. The van der Waals surface area contributed by atoms with E-state index in [0.717, 1.165) is 18.5 Å². The topological polar surface area (TPSA) is 21.3 Å². The van der Waals surface area contributed by atoms with E-state index in [4.69, 9.17) is 4.74 Å². The van der Waals surface area contributed by atoms with Crippen molar-refractivity contribution in [3.8, 4) is 5.75 Å². The van der Waals surface area contributed by atoms with E-state index in [1.54, 1.807) is 11.6 Å². The molecule has 0 saturated heterocycles. The third kappa shape index (κ3) is 3.57. The second-order valence-electron chi connectivity index (χ2n) is 4.65. The first-order chi connectivity index (χ1) is 8.79. The molecule has 0 atom stereocenters. The highest BCUT2D eigenvalue weighted by Gasteiger charge is 2.05. The fourth-order valence-electron chi connectivity index (χ4n) is 2.27. The molecule has 2 nitrogen and oxygen atoms in total. The van der Waals surface area contributed by atoms with Gasteiger partial charge in [-0.05, 0) is 49.9 Å². The van der Waals surface area contributed by atoms with E-state index in [2.05, 4.69) is 11.4 Å². The van der Waals surface area contributed by atoms with E-state index in [0.29, 0.717) is 12.3 Å². The Labute approximate surface area is 108 Å². The van der Waals surface area contributed by atoms with Crippen LogP contribution < -0.4 is 10.1 Å². The van der Waals surface area contributed by atoms with Gasteiger partial charge in [0.25, 0.3) is 0 Å². The van der Waals surface area contributed by atoms with Gasteiger partial charge < -0.3 is 10.1 Å². The minimum absolute atomic E-state index is 0.296. The SMILES string of the molecule is COc1ccc(CNCCC2=CCCC2)cc1F. The van der Waals surface area contributed by atoms with Gasteiger partial charge in [0.2, 0.25) is 0 Å². The zero-order chi connectivity index (χ0) is 12.8. The molecule has 0 heterocycles. The Hall–Kier alpha value is -1.35. The van der Waals surface area contributed by atoms with E-state index < -0.39 is 0 Å². The fraction of sp³-hybridized carbons (Fsp3) is 0.467. The Morgan fingerprint density at radius 1 is 1.39 bits per heavy atom. The Bertz CT molecular complexity index is 429. The maximum atomic E-state index is 13.4. The van der Waals surface area contributed by atoms with E-state index in [-0.39, 0.29) is 5.82 Å². The molecule has 1 N–H and O–H groups in total. The number of hydrogen-bond acceptors (Lipinski definition) is 2. The van der Waals surface area contributed by atoms with Crippen LogP contribution in [0.25, 0.3) is 0 Å². The third-order valence-corrected chi connectivity index (χ3v) is 3.30. The van der Waals surface area contributed by atoms with Crippen molar-refractivity contribution in [2.24, 2.45) is 0 Å². The standard InChI is InChI=1S/C15H20FNO/c1-18-15-7-6-13(10-14(15)16)11-17-9-8-12-4-2-3-5-12/h4,6-7,10,17H,2-3,5,8-9,11H2,1H3. The summed E-state index contributed by atoms with van der Waals surface area (Å²) in [5, 5.41) is 3.34. The van der Waals surface area contributed by atoms with Crippen molar-refractivity contribution in [2.45, 2.75) is 32.2 Å². The highest BCUT2D eigenvalue weighted by Crippen LogP contribution is 2.20. The monoisotopic (exact) mass is 249 g/mol. The molecule has 2 rings (SSSR count). The van der Waals surface area contributed by atoms with Crippen LogP contribution in [-0.2, 0) is 6.54 Å². The molecule has 0 aliphatic heterocycles. The minimum atomic E-state index is -0.296. The summed E-state index contributed by atoms with van der Waals surface area (Å²) in [4.78, 5) is 0. The molecular formula is C15H20FNO. The molecule has 0 aromatic heterocycles. The Kier molecular flexibility index (Phi) is 4.76. The van der Waals surface area contributed by atoms with E-state index in [1.165, 1.54) is 32.4 Å². The van der Waals surface area contributed by atoms with Gasteiger partial charge in [0, 0.05) is 6.54 Å². The molecule has 3 heteroatoms. The van der Waals surface area contributed by atoms with Crippen LogP contribution in [0, 0.1) is 5.82 Å². The number of nitrogens with one attached hydrogen (secondary N) is 1. The molecule has 0 radical (unpaired) electrons. The van der Waals surface area contributed by atoms with E-state index in [1.807, 2.05) is 6.07 Å². The number of methoxy groups -OCH3 is 1. The second kappa shape index (κ2) is 6.55. The number of benzene rings is 1. The van der Waals surface area contributed by atoms with Crippen molar-refractivity contribution >= 4 is 0 Å². The predicted octanol–water partition coefficient (Wildman–Crippen LogP) is 3.42. The molecule has 1 aliphatic rings. The molecular weight excluding hydrogens is 229 g/mol. The number of allylic oxidation sites excluding steroid dienone is 1. The quantitative estimate of drug-likeness (QED) is 0.616. The first-order valence-electron chi connectivity index (χ1n) is 6.50. The van der Waals surface area contributed by atoms with Gasteiger partial charge >= 0.3 is 0 Å². The summed E-state index contributed by atoms with van der Waals surface area (Å²) in [7, 11) is 1.48. The normalized spacial score (nSPS) is 14.7. The number of halogens is 1. The zero-order valence-corrected chi connectivity index (χ0v) is 10.8. The van der Waals surface area contributed by atoms with Crippen LogP contribution in [0.1, 0.15) is 31.2 Å². The molecule has 98 valence electrons. The largest absolute Gasteiger partial charge is 0.494 e. The van der Waals surface area contributed by atoms with Crippen LogP contribution in [0.4, 0.5) is 4.39 Å². The second-order valence-corrected chi connectivity index (χ2v) is 4.65. The van der Waals surface area contributed by atoms with Crippen molar-refractivity contribution in [3.63, 3.8) is 0 Å². The van der Waals surface area contributed by atoms with Gasteiger partial charge in [-0.1, -0.05) is 17.7 Å². The predicted molar refractivity (Wildman–Crippen MR) is 71.2 cm³/mol. The average Bonchev–Trinajstić information content (AvgIpc) is 2.88. The van der Waals surface area contributed by atoms with Gasteiger partial charge in [-0.25, -0.2) is 4.39 Å². The number of rotatable bonds is 6. The van der Waals surface area contributed by atoms with Gasteiger partial charge in [-0.2, -0.15) is 0 Å². The van der Waals surface area contributed by atoms with Crippen LogP contribution in [0.5, 0.6) is 5.75 Å². The summed E-state index contributed by atoms with van der Waals surface area (Å²) < 4.78 is 18.3. The van der Waals surface area contributed by atoms with Crippen molar-refractivity contribution in [2.75, 3.05) is 13.7 Å². The fourth-order valence-corrected chi connectivity index (χ4v) is 2.27. The molecule has 1 aromatic carbocycles.